The summed E-state index contributed by atoms with van der Waals surface area (Å²) in [7, 11) is 0. The fourth-order valence-electron chi connectivity index (χ4n) is 2.37. The highest BCUT2D eigenvalue weighted by Crippen LogP contribution is 2.41. The van der Waals surface area contributed by atoms with Gasteiger partial charge in [0.1, 0.15) is 0 Å². The lowest BCUT2D eigenvalue weighted by Crippen LogP contribution is -2.27. The van der Waals surface area contributed by atoms with Crippen LogP contribution in [0.15, 0.2) is 11.6 Å². The molecule has 0 saturated carbocycles. The van der Waals surface area contributed by atoms with Gasteiger partial charge in [-0.15, -0.1) is 0 Å². The Labute approximate surface area is 78.1 Å². The molecule has 0 N–H and O–H groups in total. The summed E-state index contributed by atoms with van der Waals surface area (Å²) < 4.78 is 0. The minimum absolute atomic E-state index is 0.453. The van der Waals surface area contributed by atoms with Gasteiger partial charge in [0.25, 0.3) is 0 Å². The molecule has 0 radical (unpaired) electrons. The zero-order chi connectivity index (χ0) is 9.78. The summed E-state index contributed by atoms with van der Waals surface area (Å²) in [6.45, 7) is 13.7. The maximum atomic E-state index is 2.33. The summed E-state index contributed by atoms with van der Waals surface area (Å²) in [5.74, 6) is 0.753. The monoisotopic (exact) mass is 168 g/mol. The predicted octanol–water partition coefficient (Wildman–Crippen LogP) is 4.42. The molecule has 0 unspecified atom stereocenters. The van der Waals surface area contributed by atoms with Crippen molar-refractivity contribution in [3.63, 3.8) is 0 Å². The molecule has 0 aliphatic carbocycles. The van der Waals surface area contributed by atoms with Gasteiger partial charge in [0.2, 0.25) is 0 Å². The van der Waals surface area contributed by atoms with E-state index in [2.05, 4.69) is 47.6 Å². The molecule has 0 aromatic carbocycles. The third-order valence-corrected chi connectivity index (χ3v) is 3.59. The highest BCUT2D eigenvalue weighted by Gasteiger charge is 2.30. The number of rotatable bonds is 4. The first-order valence-electron chi connectivity index (χ1n) is 5.18. The molecule has 72 valence electrons. The first-order chi connectivity index (χ1) is 5.55. The number of allylic oxidation sites excluding steroid dienone is 2. The van der Waals surface area contributed by atoms with Gasteiger partial charge >= 0.3 is 0 Å². The SMILES string of the molecule is C/C=C(\C)C(CC)(CC)C(C)C. The van der Waals surface area contributed by atoms with E-state index < -0.39 is 0 Å². The van der Waals surface area contributed by atoms with E-state index in [-0.39, 0.29) is 0 Å². The van der Waals surface area contributed by atoms with E-state index in [1.54, 1.807) is 5.57 Å². The molecule has 0 heteroatoms. The summed E-state index contributed by atoms with van der Waals surface area (Å²) in [5.41, 5.74) is 2.01. The fourth-order valence-corrected chi connectivity index (χ4v) is 2.37. The largest absolute Gasteiger partial charge is 0.0882 e. The van der Waals surface area contributed by atoms with Crippen LogP contribution >= 0.6 is 0 Å². The second-order valence-corrected chi connectivity index (χ2v) is 3.99. The maximum absolute atomic E-state index is 2.33. The Hall–Kier alpha value is -0.260. The van der Waals surface area contributed by atoms with Crippen LogP contribution in [0, 0.1) is 11.3 Å². The van der Waals surface area contributed by atoms with Gasteiger partial charge in [0, 0.05) is 0 Å². The average molecular weight is 168 g/mol. The van der Waals surface area contributed by atoms with E-state index in [0.717, 1.165) is 5.92 Å². The van der Waals surface area contributed by atoms with E-state index >= 15 is 0 Å². The first-order valence-corrected chi connectivity index (χ1v) is 5.18. The standard InChI is InChI=1S/C12H24/c1-7-11(6)12(8-2,9-3)10(4)5/h7,10H,8-9H2,1-6H3/b11-7+. The Morgan fingerprint density at radius 1 is 1.25 bits per heavy atom. The number of hydrogen-bond acceptors (Lipinski definition) is 0. The van der Waals surface area contributed by atoms with Crippen molar-refractivity contribution in [2.24, 2.45) is 11.3 Å². The van der Waals surface area contributed by atoms with Crippen LogP contribution in [0.5, 0.6) is 0 Å². The van der Waals surface area contributed by atoms with Crippen molar-refractivity contribution in [2.45, 2.75) is 54.4 Å². The van der Waals surface area contributed by atoms with E-state index in [1.165, 1.54) is 12.8 Å². The normalized spacial score (nSPS) is 14.1. The molecule has 0 amide bonds. The van der Waals surface area contributed by atoms with Gasteiger partial charge in [-0.05, 0) is 38.0 Å². The highest BCUT2D eigenvalue weighted by molar-refractivity contribution is 5.11. The molecule has 0 rings (SSSR count). The fraction of sp³-hybridized carbons (Fsp3) is 0.833. The van der Waals surface area contributed by atoms with Crippen LogP contribution in [-0.4, -0.2) is 0 Å². The van der Waals surface area contributed by atoms with Gasteiger partial charge in [-0.3, -0.25) is 0 Å². The molecular formula is C12H24. The van der Waals surface area contributed by atoms with Crippen LogP contribution in [0.1, 0.15) is 54.4 Å². The van der Waals surface area contributed by atoms with E-state index in [1.807, 2.05) is 0 Å². The Kier molecular flexibility index (Phi) is 4.59. The molecule has 0 spiro atoms. The van der Waals surface area contributed by atoms with Crippen molar-refractivity contribution in [1.82, 2.24) is 0 Å². The smallest absolute Gasteiger partial charge is 0.00732 e. The molecule has 0 atom stereocenters. The molecular weight excluding hydrogens is 144 g/mol. The molecule has 0 aliphatic rings. The van der Waals surface area contributed by atoms with Crippen molar-refractivity contribution in [2.75, 3.05) is 0 Å². The van der Waals surface area contributed by atoms with Gasteiger partial charge in [0.15, 0.2) is 0 Å². The van der Waals surface area contributed by atoms with Gasteiger partial charge in [-0.1, -0.05) is 39.3 Å². The van der Waals surface area contributed by atoms with Crippen LogP contribution in [0.3, 0.4) is 0 Å². The van der Waals surface area contributed by atoms with Crippen molar-refractivity contribution < 1.29 is 0 Å². The molecule has 0 aromatic rings. The summed E-state index contributed by atoms with van der Waals surface area (Å²) in [6.07, 6.45) is 4.79. The molecule has 0 nitrogen and oxygen atoms in total. The van der Waals surface area contributed by atoms with Crippen LogP contribution < -0.4 is 0 Å². The molecule has 0 aliphatic heterocycles. The predicted molar refractivity (Wildman–Crippen MR) is 57.3 cm³/mol. The molecule has 0 aromatic heterocycles. The topological polar surface area (TPSA) is 0 Å². The third kappa shape index (κ3) is 1.91. The van der Waals surface area contributed by atoms with Gasteiger partial charge < -0.3 is 0 Å². The zero-order valence-electron chi connectivity index (χ0n) is 9.57. The zero-order valence-corrected chi connectivity index (χ0v) is 9.57. The third-order valence-electron chi connectivity index (χ3n) is 3.59. The second kappa shape index (κ2) is 4.69. The van der Waals surface area contributed by atoms with Crippen molar-refractivity contribution in [3.05, 3.63) is 11.6 Å². The average Bonchev–Trinajstić information content (AvgIpc) is 2.06. The summed E-state index contributed by atoms with van der Waals surface area (Å²) in [4.78, 5) is 0. The van der Waals surface area contributed by atoms with Crippen molar-refractivity contribution in [3.8, 4) is 0 Å². The molecule has 0 fully saturated rings. The van der Waals surface area contributed by atoms with Crippen molar-refractivity contribution >= 4 is 0 Å². The molecule has 0 bridgehead atoms. The van der Waals surface area contributed by atoms with E-state index in [4.69, 9.17) is 0 Å². The van der Waals surface area contributed by atoms with Gasteiger partial charge in [-0.2, -0.15) is 0 Å². The van der Waals surface area contributed by atoms with Crippen molar-refractivity contribution in [1.29, 1.82) is 0 Å². The highest BCUT2D eigenvalue weighted by atomic mass is 14.4. The lowest BCUT2D eigenvalue weighted by atomic mass is 9.68. The van der Waals surface area contributed by atoms with E-state index in [9.17, 15) is 0 Å². The van der Waals surface area contributed by atoms with Gasteiger partial charge in [0.05, 0.1) is 0 Å². The minimum atomic E-state index is 0.453. The Morgan fingerprint density at radius 2 is 1.67 bits per heavy atom. The van der Waals surface area contributed by atoms with Crippen LogP contribution in [-0.2, 0) is 0 Å². The summed E-state index contributed by atoms with van der Waals surface area (Å²) in [5, 5.41) is 0. The van der Waals surface area contributed by atoms with Gasteiger partial charge in [-0.25, -0.2) is 0 Å². The minimum Gasteiger partial charge on any atom is -0.0882 e. The lowest BCUT2D eigenvalue weighted by Gasteiger charge is -2.37. The number of hydrogen-bond donors (Lipinski definition) is 0. The first kappa shape index (κ1) is 11.7. The Balaban J connectivity index is 4.82. The Bertz CT molecular complexity index is 147. The quantitative estimate of drug-likeness (QED) is 0.545. The second-order valence-electron chi connectivity index (χ2n) is 3.99. The summed E-state index contributed by atoms with van der Waals surface area (Å²) >= 11 is 0. The lowest BCUT2D eigenvalue weighted by molar-refractivity contribution is 0.224. The van der Waals surface area contributed by atoms with E-state index in [0.29, 0.717) is 5.41 Å². The maximum Gasteiger partial charge on any atom is -0.00732 e. The summed E-state index contributed by atoms with van der Waals surface area (Å²) in [6, 6.07) is 0. The molecule has 12 heavy (non-hydrogen) atoms. The van der Waals surface area contributed by atoms with Crippen LogP contribution in [0.25, 0.3) is 0 Å². The molecule has 0 saturated heterocycles. The van der Waals surface area contributed by atoms with Crippen LogP contribution in [0.4, 0.5) is 0 Å². The molecule has 0 heterocycles. The Morgan fingerprint density at radius 3 is 1.75 bits per heavy atom. The van der Waals surface area contributed by atoms with Crippen LogP contribution in [0.2, 0.25) is 0 Å².